The summed E-state index contributed by atoms with van der Waals surface area (Å²) in [5, 5.41) is 9.03. The third-order valence-electron chi connectivity index (χ3n) is 3.16. The first-order chi connectivity index (χ1) is 9.28. The second kappa shape index (κ2) is 4.72. The van der Waals surface area contributed by atoms with Crippen LogP contribution in [0.15, 0.2) is 42.7 Å². The van der Waals surface area contributed by atoms with Crippen molar-refractivity contribution in [2.75, 3.05) is 5.32 Å². The van der Waals surface area contributed by atoms with Crippen molar-refractivity contribution in [3.8, 4) is 0 Å². The number of benzene rings is 1. The Hall–Kier alpha value is -2.36. The summed E-state index contributed by atoms with van der Waals surface area (Å²) in [7, 11) is 1.94. The number of fused-ring (bicyclic) bond motifs is 1. The van der Waals surface area contributed by atoms with Crippen LogP contribution in [0.5, 0.6) is 0 Å². The van der Waals surface area contributed by atoms with Crippen molar-refractivity contribution in [1.29, 1.82) is 0 Å². The fourth-order valence-electron chi connectivity index (χ4n) is 2.25. The number of aromatic nitrogens is 3. The molecule has 0 aliphatic rings. The summed E-state index contributed by atoms with van der Waals surface area (Å²) in [5.74, 6) is 0. The van der Waals surface area contributed by atoms with Gasteiger partial charge in [0.05, 0.1) is 16.9 Å². The molecule has 96 valence electrons. The lowest BCUT2D eigenvalue weighted by Gasteiger charge is -2.08. The molecular weight excluding hydrogens is 236 g/mol. The van der Waals surface area contributed by atoms with Crippen LogP contribution in [0.4, 0.5) is 11.4 Å². The van der Waals surface area contributed by atoms with Gasteiger partial charge in [-0.1, -0.05) is 25.1 Å². The molecule has 4 heteroatoms. The first-order valence-corrected chi connectivity index (χ1v) is 6.41. The number of aryl methyl sites for hydroxylation is 2. The predicted octanol–water partition coefficient (Wildman–Crippen LogP) is 3.27. The molecule has 0 amide bonds. The number of hydrogen-bond donors (Lipinski definition) is 1. The molecule has 4 nitrogen and oxygen atoms in total. The first-order valence-electron chi connectivity index (χ1n) is 6.41. The molecule has 0 aliphatic carbocycles. The van der Waals surface area contributed by atoms with Gasteiger partial charge in [-0.2, -0.15) is 5.10 Å². The number of pyridine rings is 1. The average Bonchev–Trinajstić information content (AvgIpc) is 2.79. The van der Waals surface area contributed by atoms with Gasteiger partial charge in [0.1, 0.15) is 0 Å². The third kappa shape index (κ3) is 2.17. The highest BCUT2D eigenvalue weighted by atomic mass is 15.3. The fraction of sp³-hybridized carbons (Fsp3) is 0.200. The topological polar surface area (TPSA) is 42.7 Å². The van der Waals surface area contributed by atoms with Crippen molar-refractivity contribution in [1.82, 2.24) is 14.8 Å². The Labute approximate surface area is 112 Å². The standard InChI is InChI=1S/C15H16N4/c1-3-12-15(10-19(2)18-12)17-14-8-9-16-13-7-5-4-6-11(13)14/h4-10H,3H2,1-2H3,(H,16,17). The van der Waals surface area contributed by atoms with Gasteiger partial charge in [0.25, 0.3) is 0 Å². The van der Waals surface area contributed by atoms with E-state index in [0.29, 0.717) is 0 Å². The van der Waals surface area contributed by atoms with Crippen molar-refractivity contribution in [2.24, 2.45) is 7.05 Å². The summed E-state index contributed by atoms with van der Waals surface area (Å²) < 4.78 is 1.84. The molecule has 0 spiro atoms. The van der Waals surface area contributed by atoms with Gasteiger partial charge in [0, 0.05) is 30.5 Å². The van der Waals surface area contributed by atoms with E-state index < -0.39 is 0 Å². The Bertz CT molecular complexity index is 710. The number of nitrogens with zero attached hydrogens (tertiary/aromatic N) is 3. The van der Waals surface area contributed by atoms with E-state index in [-0.39, 0.29) is 0 Å². The number of hydrogen-bond acceptors (Lipinski definition) is 3. The van der Waals surface area contributed by atoms with Crippen LogP contribution in [0.1, 0.15) is 12.6 Å². The minimum Gasteiger partial charge on any atom is -0.352 e. The molecule has 1 aromatic carbocycles. The maximum atomic E-state index is 4.44. The van der Waals surface area contributed by atoms with Gasteiger partial charge in [0.2, 0.25) is 0 Å². The molecule has 19 heavy (non-hydrogen) atoms. The Kier molecular flexibility index (Phi) is 2.91. The van der Waals surface area contributed by atoms with Crippen LogP contribution in [0.2, 0.25) is 0 Å². The van der Waals surface area contributed by atoms with Crippen LogP contribution in [-0.4, -0.2) is 14.8 Å². The molecule has 0 saturated carbocycles. The highest BCUT2D eigenvalue weighted by molar-refractivity contribution is 5.92. The minimum atomic E-state index is 0.909. The van der Waals surface area contributed by atoms with Gasteiger partial charge in [-0.05, 0) is 18.6 Å². The molecule has 0 fully saturated rings. The van der Waals surface area contributed by atoms with E-state index in [2.05, 4.69) is 28.4 Å². The maximum absolute atomic E-state index is 4.44. The van der Waals surface area contributed by atoms with Crippen molar-refractivity contribution in [2.45, 2.75) is 13.3 Å². The number of anilines is 2. The van der Waals surface area contributed by atoms with Crippen LogP contribution in [0, 0.1) is 0 Å². The largest absolute Gasteiger partial charge is 0.352 e. The molecule has 2 aromatic heterocycles. The summed E-state index contributed by atoms with van der Waals surface area (Å²) in [4.78, 5) is 4.37. The zero-order valence-corrected chi connectivity index (χ0v) is 11.1. The summed E-state index contributed by atoms with van der Waals surface area (Å²) in [5.41, 5.74) is 4.19. The number of para-hydroxylation sites is 1. The third-order valence-corrected chi connectivity index (χ3v) is 3.16. The second-order valence-electron chi connectivity index (χ2n) is 4.52. The van der Waals surface area contributed by atoms with Crippen LogP contribution in [0.3, 0.4) is 0 Å². The highest BCUT2D eigenvalue weighted by Crippen LogP contribution is 2.26. The molecule has 0 atom stereocenters. The van der Waals surface area contributed by atoms with Crippen molar-refractivity contribution < 1.29 is 0 Å². The number of rotatable bonds is 3. The molecule has 0 saturated heterocycles. The Morgan fingerprint density at radius 3 is 2.84 bits per heavy atom. The number of nitrogens with one attached hydrogen (secondary N) is 1. The van der Waals surface area contributed by atoms with E-state index in [1.54, 1.807) is 0 Å². The molecule has 1 N–H and O–H groups in total. The van der Waals surface area contributed by atoms with Crippen LogP contribution in [0.25, 0.3) is 10.9 Å². The zero-order valence-electron chi connectivity index (χ0n) is 11.1. The summed E-state index contributed by atoms with van der Waals surface area (Å²) in [6.07, 6.45) is 4.74. The van der Waals surface area contributed by atoms with Crippen LogP contribution >= 0.6 is 0 Å². The molecule has 3 rings (SSSR count). The quantitative estimate of drug-likeness (QED) is 0.778. The molecule has 0 bridgehead atoms. The monoisotopic (exact) mass is 252 g/mol. The van der Waals surface area contributed by atoms with Gasteiger partial charge in [-0.15, -0.1) is 0 Å². The lowest BCUT2D eigenvalue weighted by molar-refractivity contribution is 0.746. The summed E-state index contributed by atoms with van der Waals surface area (Å²) in [6.45, 7) is 2.11. The average molecular weight is 252 g/mol. The van der Waals surface area contributed by atoms with E-state index in [9.17, 15) is 0 Å². The zero-order chi connectivity index (χ0) is 13.2. The van der Waals surface area contributed by atoms with Gasteiger partial charge in [-0.25, -0.2) is 0 Å². The summed E-state index contributed by atoms with van der Waals surface area (Å²) >= 11 is 0. The Balaban J connectivity index is 2.05. The van der Waals surface area contributed by atoms with E-state index in [0.717, 1.165) is 34.4 Å². The molecule has 2 heterocycles. The van der Waals surface area contributed by atoms with Crippen molar-refractivity contribution in [3.63, 3.8) is 0 Å². The van der Waals surface area contributed by atoms with Gasteiger partial charge >= 0.3 is 0 Å². The Morgan fingerprint density at radius 2 is 2.00 bits per heavy atom. The van der Waals surface area contributed by atoms with E-state index in [4.69, 9.17) is 0 Å². The summed E-state index contributed by atoms with van der Waals surface area (Å²) in [6, 6.07) is 10.1. The molecule has 3 aromatic rings. The lowest BCUT2D eigenvalue weighted by Crippen LogP contribution is -1.94. The van der Waals surface area contributed by atoms with Gasteiger partial charge < -0.3 is 5.32 Å². The van der Waals surface area contributed by atoms with Gasteiger partial charge in [0.15, 0.2) is 0 Å². The molecular formula is C15H16N4. The molecule has 0 unspecified atom stereocenters. The fourth-order valence-corrected chi connectivity index (χ4v) is 2.25. The van der Waals surface area contributed by atoms with E-state index in [1.165, 1.54) is 0 Å². The second-order valence-corrected chi connectivity index (χ2v) is 4.52. The minimum absolute atomic E-state index is 0.909. The SMILES string of the molecule is CCc1nn(C)cc1Nc1ccnc2ccccc12. The van der Waals surface area contributed by atoms with Crippen LogP contribution < -0.4 is 5.32 Å². The highest BCUT2D eigenvalue weighted by Gasteiger charge is 2.08. The van der Waals surface area contributed by atoms with Crippen molar-refractivity contribution >= 4 is 22.3 Å². The van der Waals surface area contributed by atoms with Gasteiger partial charge in [-0.3, -0.25) is 9.67 Å². The molecule has 0 radical (unpaired) electrons. The normalized spacial score (nSPS) is 10.8. The Morgan fingerprint density at radius 1 is 1.16 bits per heavy atom. The van der Waals surface area contributed by atoms with E-state index in [1.807, 2.05) is 48.4 Å². The predicted molar refractivity (Wildman–Crippen MR) is 77.6 cm³/mol. The molecule has 0 aliphatic heterocycles. The smallest absolute Gasteiger partial charge is 0.0856 e. The lowest BCUT2D eigenvalue weighted by atomic mass is 10.2. The maximum Gasteiger partial charge on any atom is 0.0856 e. The van der Waals surface area contributed by atoms with E-state index >= 15 is 0 Å². The first kappa shape index (κ1) is 11.7. The van der Waals surface area contributed by atoms with Crippen LogP contribution in [-0.2, 0) is 13.5 Å². The van der Waals surface area contributed by atoms with Crippen molar-refractivity contribution in [3.05, 3.63) is 48.4 Å².